The molecule has 0 N–H and O–H groups in total. The third-order valence-corrected chi connectivity index (χ3v) is 0. The topological polar surface area (TPSA) is 0 Å². The molecule has 0 aromatic carbocycles. The van der Waals surface area contributed by atoms with Crippen LogP contribution in [-0.4, -0.2) is 34.7 Å². The molecule has 0 rings (SSSR count). The monoisotopic (exact) mass is 584 g/mol. The van der Waals surface area contributed by atoms with Gasteiger partial charge in [0.1, 0.15) is 0 Å². The van der Waals surface area contributed by atoms with Gasteiger partial charge in [0, 0.05) is 186 Å². The summed E-state index contributed by atoms with van der Waals surface area (Å²) in [5.74, 6) is 0. The molecule has 0 nitrogen and oxygen atoms in total. The second kappa shape index (κ2) is 106. The summed E-state index contributed by atoms with van der Waals surface area (Å²) in [6.07, 6.45) is 0. The van der Waals surface area contributed by atoms with Gasteiger partial charge < -0.3 is 0 Å². The van der Waals surface area contributed by atoms with Crippen LogP contribution in [0, 0.1) is 0 Å². The summed E-state index contributed by atoms with van der Waals surface area (Å²) < 4.78 is 0. The minimum absolute atomic E-state index is 0. The van der Waals surface area contributed by atoms with Gasteiger partial charge in [0.25, 0.3) is 0 Å². The van der Waals surface area contributed by atoms with Crippen LogP contribution < -0.4 is 0 Å². The maximum Gasteiger partial charge on any atom is 0 e. The fourth-order valence-corrected chi connectivity index (χ4v) is 0. The van der Waals surface area contributed by atoms with Gasteiger partial charge in [-0.2, -0.15) is 0 Å². The van der Waals surface area contributed by atoms with Crippen LogP contribution in [0.2, 0.25) is 0 Å². The van der Waals surface area contributed by atoms with Crippen molar-refractivity contribution in [3.05, 3.63) is 0 Å². The summed E-state index contributed by atoms with van der Waals surface area (Å²) in [5.41, 5.74) is 0. The van der Waals surface area contributed by atoms with Crippen LogP contribution >= 0.6 is 0 Å². The molecular formula is Al2Co9. The number of hydrogen-bond acceptors (Lipinski definition) is 0. The van der Waals surface area contributed by atoms with E-state index >= 15 is 0 Å². The first-order valence-electron chi connectivity index (χ1n) is 0. The van der Waals surface area contributed by atoms with Gasteiger partial charge in [-0.1, -0.05) is 0 Å². The van der Waals surface area contributed by atoms with E-state index in [2.05, 4.69) is 0 Å². The molecule has 0 aromatic rings. The number of hydrogen-bond donors (Lipinski definition) is 0. The minimum atomic E-state index is 0. The zero-order chi connectivity index (χ0) is 0. The molecule has 0 aliphatic carbocycles. The Morgan fingerprint density at radius 3 is 0.182 bits per heavy atom. The molecule has 0 amide bonds. The molecule has 0 fully saturated rings. The molecule has 0 saturated carbocycles. The van der Waals surface area contributed by atoms with Crippen LogP contribution in [-0.2, 0) is 151 Å². The van der Waals surface area contributed by atoms with E-state index in [1.807, 2.05) is 0 Å². The Morgan fingerprint density at radius 2 is 0.182 bits per heavy atom. The molecule has 0 heterocycles. The predicted molar refractivity (Wildman–Crippen MR) is 11.5 cm³/mol. The average Bonchev–Trinajstić information content (AvgIpc) is 0. The molecule has 15 radical (unpaired) electrons. The van der Waals surface area contributed by atoms with Crippen molar-refractivity contribution < 1.29 is 151 Å². The summed E-state index contributed by atoms with van der Waals surface area (Å²) in [6.45, 7) is 0. The van der Waals surface area contributed by atoms with E-state index in [9.17, 15) is 0 Å². The van der Waals surface area contributed by atoms with Gasteiger partial charge in [0.05, 0.1) is 0 Å². The van der Waals surface area contributed by atoms with Crippen LogP contribution in [0.4, 0.5) is 0 Å². The smallest absolute Gasteiger partial charge is 0 e. The van der Waals surface area contributed by atoms with Crippen LogP contribution in [0.25, 0.3) is 0 Å². The van der Waals surface area contributed by atoms with Gasteiger partial charge >= 0.3 is 0 Å². The van der Waals surface area contributed by atoms with Crippen molar-refractivity contribution in [1.82, 2.24) is 0 Å². The molecule has 0 spiro atoms. The van der Waals surface area contributed by atoms with Gasteiger partial charge in [0.2, 0.25) is 0 Å². The summed E-state index contributed by atoms with van der Waals surface area (Å²) >= 11 is 0. The van der Waals surface area contributed by atoms with Crippen molar-refractivity contribution in [1.29, 1.82) is 0 Å². The summed E-state index contributed by atoms with van der Waals surface area (Å²) in [7, 11) is 0. The van der Waals surface area contributed by atoms with Gasteiger partial charge in [-0.05, 0) is 0 Å². The standard InChI is InChI=1S/2Al.9Co. The molecule has 0 atom stereocenters. The second-order valence-corrected chi connectivity index (χ2v) is 0. The van der Waals surface area contributed by atoms with Gasteiger partial charge in [-0.15, -0.1) is 0 Å². The third-order valence-electron chi connectivity index (χ3n) is 0. The Morgan fingerprint density at radius 1 is 0.182 bits per heavy atom. The van der Waals surface area contributed by atoms with Crippen LogP contribution in [0.5, 0.6) is 0 Å². The number of rotatable bonds is 0. The van der Waals surface area contributed by atoms with Crippen LogP contribution in [0.1, 0.15) is 0 Å². The molecular weight excluding hydrogens is 584 g/mol. The Hall–Kier alpha value is 5.62. The van der Waals surface area contributed by atoms with E-state index in [-0.39, 0.29) is 186 Å². The van der Waals surface area contributed by atoms with Crippen molar-refractivity contribution in [2.45, 2.75) is 0 Å². The first-order valence-corrected chi connectivity index (χ1v) is 0. The second-order valence-electron chi connectivity index (χ2n) is 0. The predicted octanol–water partition coefficient (Wildman–Crippen LogP) is -0.784. The Balaban J connectivity index is 0. The molecule has 0 aromatic heterocycles. The van der Waals surface area contributed by atoms with Gasteiger partial charge in [0.15, 0.2) is 0 Å². The molecule has 0 aliphatic heterocycles. The first kappa shape index (κ1) is 128. The fourth-order valence-electron chi connectivity index (χ4n) is 0. The maximum absolute atomic E-state index is 0. The Bertz CT molecular complexity index is 7.52. The Kier molecular flexibility index (Phi) is 1230. The van der Waals surface area contributed by atoms with E-state index in [4.69, 9.17) is 0 Å². The Labute approximate surface area is 182 Å². The quantitative estimate of drug-likeness (QED) is 0.328. The fraction of sp³-hybridized carbons (Fsp3) is 0. The average molecular weight is 584 g/mol. The molecule has 0 bridgehead atoms. The summed E-state index contributed by atoms with van der Waals surface area (Å²) in [4.78, 5) is 0. The van der Waals surface area contributed by atoms with Crippen molar-refractivity contribution >= 4 is 34.7 Å². The molecule has 11 heavy (non-hydrogen) atoms. The molecule has 11 heteroatoms. The van der Waals surface area contributed by atoms with Gasteiger partial charge in [-0.3, -0.25) is 0 Å². The van der Waals surface area contributed by atoms with E-state index in [0.717, 1.165) is 0 Å². The third kappa shape index (κ3) is 91.7. The van der Waals surface area contributed by atoms with Crippen LogP contribution in [0.15, 0.2) is 0 Å². The first-order chi connectivity index (χ1) is 0. The SMILES string of the molecule is [Al].[Al].[Co].[Co].[Co].[Co].[Co].[Co].[Co].[Co].[Co]. The molecule has 0 saturated heterocycles. The molecule has 0 aliphatic rings. The molecule has 87 valence electrons. The van der Waals surface area contributed by atoms with Crippen molar-refractivity contribution in [2.75, 3.05) is 0 Å². The zero-order valence-corrected chi connectivity index (χ0v) is 15.8. The molecule has 0 unspecified atom stereocenters. The van der Waals surface area contributed by atoms with Crippen molar-refractivity contribution in [3.63, 3.8) is 0 Å². The van der Waals surface area contributed by atoms with E-state index in [1.54, 1.807) is 0 Å². The van der Waals surface area contributed by atoms with Crippen molar-refractivity contribution in [3.8, 4) is 0 Å². The van der Waals surface area contributed by atoms with E-state index < -0.39 is 0 Å². The largest absolute Gasteiger partial charge is 0 e. The van der Waals surface area contributed by atoms with Gasteiger partial charge in [-0.25, -0.2) is 0 Å². The van der Waals surface area contributed by atoms with E-state index in [0.29, 0.717) is 0 Å². The zero-order valence-electron chi connectivity index (χ0n) is 4.15. The summed E-state index contributed by atoms with van der Waals surface area (Å²) in [5, 5.41) is 0. The minimum Gasteiger partial charge on any atom is 0 e. The normalized spacial score (nSPS) is 0. The van der Waals surface area contributed by atoms with Crippen molar-refractivity contribution in [2.24, 2.45) is 0 Å². The van der Waals surface area contributed by atoms with Crippen LogP contribution in [0.3, 0.4) is 0 Å². The van der Waals surface area contributed by atoms with E-state index in [1.165, 1.54) is 0 Å². The maximum atomic E-state index is 0. The summed E-state index contributed by atoms with van der Waals surface area (Å²) in [6, 6.07) is 0.